The van der Waals surface area contributed by atoms with Crippen LogP contribution in [0.4, 0.5) is 0 Å². The third-order valence-electron chi connectivity index (χ3n) is 3.61. The van der Waals surface area contributed by atoms with Gasteiger partial charge in [0.1, 0.15) is 0 Å². The second-order valence-electron chi connectivity index (χ2n) is 4.76. The predicted molar refractivity (Wildman–Crippen MR) is 69.9 cm³/mol. The molecular weight excluding hydrogens is 210 g/mol. The molecule has 1 fully saturated rings. The molecule has 1 aromatic carbocycles. The summed E-state index contributed by atoms with van der Waals surface area (Å²) in [6.45, 7) is 6.56. The lowest BCUT2D eigenvalue weighted by molar-refractivity contribution is 0.326. The summed E-state index contributed by atoms with van der Waals surface area (Å²) in [5.74, 6) is 0. The molecular formula is C14H19N3. The number of fused-ring (bicyclic) bond motifs is 1. The van der Waals surface area contributed by atoms with Crippen molar-refractivity contribution >= 4 is 10.9 Å². The van der Waals surface area contributed by atoms with Gasteiger partial charge in [0.05, 0.1) is 11.2 Å². The highest BCUT2D eigenvalue weighted by Crippen LogP contribution is 2.21. The topological polar surface area (TPSA) is 21.1 Å². The minimum atomic E-state index is 0.945. The van der Waals surface area contributed by atoms with E-state index in [4.69, 9.17) is 5.10 Å². The zero-order valence-corrected chi connectivity index (χ0v) is 10.4. The lowest BCUT2D eigenvalue weighted by atomic mass is 10.2. The van der Waals surface area contributed by atoms with Crippen molar-refractivity contribution in [1.82, 2.24) is 14.7 Å². The van der Waals surface area contributed by atoms with E-state index >= 15 is 0 Å². The summed E-state index contributed by atoms with van der Waals surface area (Å²) < 4.78 is 2.11. The molecule has 0 radical (unpaired) electrons. The van der Waals surface area contributed by atoms with Gasteiger partial charge in [-0.05, 0) is 38.9 Å². The molecule has 3 rings (SSSR count). The van der Waals surface area contributed by atoms with E-state index in [0.717, 1.165) is 13.1 Å². The molecule has 2 heterocycles. The lowest BCUT2D eigenvalue weighted by Crippen LogP contribution is -2.18. The molecule has 1 aromatic heterocycles. The Bertz CT molecular complexity index is 509. The van der Waals surface area contributed by atoms with Crippen LogP contribution in [0.25, 0.3) is 10.9 Å². The van der Waals surface area contributed by atoms with Crippen molar-refractivity contribution in [3.05, 3.63) is 30.0 Å². The Morgan fingerprint density at radius 3 is 2.71 bits per heavy atom. The number of aryl methyl sites for hydroxylation is 1. The largest absolute Gasteiger partial charge is 0.297 e. The van der Waals surface area contributed by atoms with Gasteiger partial charge in [-0.2, -0.15) is 5.10 Å². The fourth-order valence-corrected chi connectivity index (χ4v) is 2.71. The zero-order chi connectivity index (χ0) is 11.7. The summed E-state index contributed by atoms with van der Waals surface area (Å²) in [6.07, 6.45) is 2.68. The second-order valence-corrected chi connectivity index (χ2v) is 4.76. The fourth-order valence-electron chi connectivity index (χ4n) is 2.71. The highest BCUT2D eigenvalue weighted by atomic mass is 15.3. The van der Waals surface area contributed by atoms with Crippen molar-refractivity contribution < 1.29 is 0 Å². The maximum absolute atomic E-state index is 4.75. The second kappa shape index (κ2) is 4.49. The number of para-hydroxylation sites is 1. The summed E-state index contributed by atoms with van der Waals surface area (Å²) in [4.78, 5) is 2.51. The molecule has 0 unspecified atom stereocenters. The molecule has 1 aliphatic rings. The van der Waals surface area contributed by atoms with Crippen LogP contribution in [0, 0.1) is 0 Å². The Balaban J connectivity index is 1.97. The first-order valence-electron chi connectivity index (χ1n) is 6.55. The number of aromatic nitrogens is 2. The van der Waals surface area contributed by atoms with Gasteiger partial charge in [-0.1, -0.05) is 18.2 Å². The maximum atomic E-state index is 4.75. The summed E-state index contributed by atoms with van der Waals surface area (Å²) >= 11 is 0. The summed E-state index contributed by atoms with van der Waals surface area (Å²) in [5.41, 5.74) is 2.51. The van der Waals surface area contributed by atoms with Gasteiger partial charge in [-0.15, -0.1) is 0 Å². The molecule has 3 heteroatoms. The van der Waals surface area contributed by atoms with E-state index in [2.05, 4.69) is 40.8 Å². The van der Waals surface area contributed by atoms with Crippen LogP contribution in [0.15, 0.2) is 24.3 Å². The Labute approximate surface area is 102 Å². The Kier molecular flexibility index (Phi) is 2.85. The van der Waals surface area contributed by atoms with Crippen LogP contribution < -0.4 is 0 Å². The molecule has 3 nitrogen and oxygen atoms in total. The maximum Gasteiger partial charge on any atom is 0.0843 e. The van der Waals surface area contributed by atoms with E-state index < -0.39 is 0 Å². The SMILES string of the molecule is CCn1nc(CN2CCCC2)c2ccccc21. The molecule has 1 saturated heterocycles. The monoisotopic (exact) mass is 229 g/mol. The average Bonchev–Trinajstić information content (AvgIpc) is 2.98. The van der Waals surface area contributed by atoms with Gasteiger partial charge in [0.25, 0.3) is 0 Å². The summed E-state index contributed by atoms with van der Waals surface area (Å²) in [5, 5.41) is 6.07. The molecule has 0 amide bonds. The quantitative estimate of drug-likeness (QED) is 0.806. The molecule has 2 aromatic rings. The van der Waals surface area contributed by atoms with Crippen LogP contribution in [0.2, 0.25) is 0 Å². The molecule has 17 heavy (non-hydrogen) atoms. The van der Waals surface area contributed by atoms with Crippen LogP contribution in [-0.4, -0.2) is 27.8 Å². The highest BCUT2D eigenvalue weighted by molar-refractivity contribution is 5.81. The Morgan fingerprint density at radius 2 is 1.94 bits per heavy atom. The zero-order valence-electron chi connectivity index (χ0n) is 10.4. The van der Waals surface area contributed by atoms with Crippen molar-refractivity contribution in [1.29, 1.82) is 0 Å². The van der Waals surface area contributed by atoms with Gasteiger partial charge in [-0.3, -0.25) is 9.58 Å². The van der Waals surface area contributed by atoms with Gasteiger partial charge >= 0.3 is 0 Å². The first-order chi connectivity index (χ1) is 8.38. The van der Waals surface area contributed by atoms with Crippen molar-refractivity contribution in [2.75, 3.05) is 13.1 Å². The lowest BCUT2D eigenvalue weighted by Gasteiger charge is -2.12. The fraction of sp³-hybridized carbons (Fsp3) is 0.500. The summed E-state index contributed by atoms with van der Waals surface area (Å²) in [7, 11) is 0. The average molecular weight is 229 g/mol. The van der Waals surface area contributed by atoms with Crippen molar-refractivity contribution in [3.63, 3.8) is 0 Å². The van der Waals surface area contributed by atoms with E-state index in [1.165, 1.54) is 42.5 Å². The molecule has 0 spiro atoms. The molecule has 0 aliphatic carbocycles. The highest BCUT2D eigenvalue weighted by Gasteiger charge is 2.16. The van der Waals surface area contributed by atoms with E-state index in [1.54, 1.807) is 0 Å². The van der Waals surface area contributed by atoms with E-state index in [1.807, 2.05) is 0 Å². The molecule has 0 bridgehead atoms. The minimum Gasteiger partial charge on any atom is -0.297 e. The number of hydrogen-bond acceptors (Lipinski definition) is 2. The van der Waals surface area contributed by atoms with Gasteiger partial charge in [0.15, 0.2) is 0 Å². The van der Waals surface area contributed by atoms with Crippen LogP contribution in [-0.2, 0) is 13.1 Å². The molecule has 0 saturated carbocycles. The molecule has 0 N–H and O–H groups in total. The van der Waals surface area contributed by atoms with Gasteiger partial charge in [-0.25, -0.2) is 0 Å². The van der Waals surface area contributed by atoms with Crippen LogP contribution in [0.5, 0.6) is 0 Å². The number of rotatable bonds is 3. The number of nitrogens with zero attached hydrogens (tertiary/aromatic N) is 3. The molecule has 1 aliphatic heterocycles. The normalized spacial score (nSPS) is 17.0. The molecule has 90 valence electrons. The minimum absolute atomic E-state index is 0.945. The van der Waals surface area contributed by atoms with E-state index in [-0.39, 0.29) is 0 Å². The number of likely N-dealkylation sites (tertiary alicyclic amines) is 1. The Morgan fingerprint density at radius 1 is 1.18 bits per heavy atom. The smallest absolute Gasteiger partial charge is 0.0843 e. The van der Waals surface area contributed by atoms with Gasteiger partial charge in [0, 0.05) is 18.5 Å². The number of hydrogen-bond donors (Lipinski definition) is 0. The predicted octanol–water partition coefficient (Wildman–Crippen LogP) is 2.65. The number of benzene rings is 1. The summed E-state index contributed by atoms with van der Waals surface area (Å²) in [6, 6.07) is 8.56. The van der Waals surface area contributed by atoms with Gasteiger partial charge < -0.3 is 0 Å². The van der Waals surface area contributed by atoms with Crippen molar-refractivity contribution in [3.8, 4) is 0 Å². The van der Waals surface area contributed by atoms with Crippen LogP contribution >= 0.6 is 0 Å². The van der Waals surface area contributed by atoms with E-state index in [9.17, 15) is 0 Å². The third-order valence-corrected chi connectivity index (χ3v) is 3.61. The van der Waals surface area contributed by atoms with Crippen molar-refractivity contribution in [2.24, 2.45) is 0 Å². The van der Waals surface area contributed by atoms with Crippen LogP contribution in [0.1, 0.15) is 25.5 Å². The van der Waals surface area contributed by atoms with E-state index in [0.29, 0.717) is 0 Å². The first kappa shape index (κ1) is 10.8. The van der Waals surface area contributed by atoms with Gasteiger partial charge in [0.2, 0.25) is 0 Å². The third kappa shape index (κ3) is 1.95. The molecule has 0 atom stereocenters. The standard InChI is InChI=1S/C14H19N3/c1-2-17-14-8-4-3-7-12(14)13(15-17)11-16-9-5-6-10-16/h3-4,7-8H,2,5-6,9-11H2,1H3. The Hall–Kier alpha value is -1.35. The first-order valence-corrected chi connectivity index (χ1v) is 6.55. The van der Waals surface area contributed by atoms with Crippen molar-refractivity contribution in [2.45, 2.75) is 32.9 Å². The van der Waals surface area contributed by atoms with Crippen LogP contribution in [0.3, 0.4) is 0 Å².